The molecule has 4 rings (SSSR count). The van der Waals surface area contributed by atoms with Crippen LogP contribution in [0.15, 0.2) is 22.7 Å². The lowest BCUT2D eigenvalue weighted by molar-refractivity contribution is 0.0913. The van der Waals surface area contributed by atoms with Crippen LogP contribution in [-0.2, 0) is 6.54 Å². The summed E-state index contributed by atoms with van der Waals surface area (Å²) in [5.74, 6) is 2.77. The minimum atomic E-state index is 0.193. The molecule has 7 heteroatoms. The highest BCUT2D eigenvalue weighted by atomic mass is 16.5. The van der Waals surface area contributed by atoms with E-state index >= 15 is 0 Å². The van der Waals surface area contributed by atoms with Gasteiger partial charge in [0.2, 0.25) is 11.6 Å². The van der Waals surface area contributed by atoms with E-state index in [0.29, 0.717) is 23.9 Å². The van der Waals surface area contributed by atoms with Gasteiger partial charge in [0.1, 0.15) is 23.5 Å². The first-order valence-corrected chi connectivity index (χ1v) is 9.34. The Morgan fingerprint density at radius 3 is 2.74 bits per heavy atom. The summed E-state index contributed by atoms with van der Waals surface area (Å²) in [7, 11) is 0. The van der Waals surface area contributed by atoms with Crippen LogP contribution >= 0.6 is 0 Å². The number of nitrogens with zero attached hydrogens (tertiary/aromatic N) is 4. The first-order valence-electron chi connectivity index (χ1n) is 9.34. The SMILES string of the molecule is Cc1cccnc1OC1CCN(Cc2nc(N)c3c(C)c(C)oc3n2)CC1. The number of piperidine rings is 1. The largest absolute Gasteiger partial charge is 0.474 e. The molecular formula is C20H25N5O2. The number of pyridine rings is 1. The van der Waals surface area contributed by atoms with Crippen molar-refractivity contribution in [3.05, 3.63) is 41.0 Å². The summed E-state index contributed by atoms with van der Waals surface area (Å²) in [6.45, 7) is 8.43. The molecule has 4 heterocycles. The number of fused-ring (bicyclic) bond motifs is 1. The number of aryl methyl sites for hydroxylation is 3. The van der Waals surface area contributed by atoms with Crippen LogP contribution in [0.4, 0.5) is 5.82 Å². The second kappa shape index (κ2) is 7.15. The Hall–Kier alpha value is -2.67. The van der Waals surface area contributed by atoms with Gasteiger partial charge in [-0.05, 0) is 39.7 Å². The molecule has 0 radical (unpaired) electrons. The maximum absolute atomic E-state index is 6.14. The number of hydrogen-bond acceptors (Lipinski definition) is 7. The molecule has 0 unspecified atom stereocenters. The van der Waals surface area contributed by atoms with Crippen molar-refractivity contribution in [2.45, 2.75) is 46.3 Å². The van der Waals surface area contributed by atoms with Crippen LogP contribution in [0.3, 0.4) is 0 Å². The van der Waals surface area contributed by atoms with Gasteiger partial charge in [-0.2, -0.15) is 4.98 Å². The number of hydrogen-bond donors (Lipinski definition) is 1. The van der Waals surface area contributed by atoms with Crippen LogP contribution < -0.4 is 10.5 Å². The van der Waals surface area contributed by atoms with Gasteiger partial charge in [-0.15, -0.1) is 0 Å². The average molecular weight is 367 g/mol. The Bertz CT molecular complexity index is 960. The van der Waals surface area contributed by atoms with Crippen molar-refractivity contribution in [1.82, 2.24) is 19.9 Å². The van der Waals surface area contributed by atoms with Crippen LogP contribution in [0, 0.1) is 20.8 Å². The molecule has 1 fully saturated rings. The van der Waals surface area contributed by atoms with Crippen molar-refractivity contribution in [1.29, 1.82) is 0 Å². The van der Waals surface area contributed by atoms with Crippen molar-refractivity contribution in [2.75, 3.05) is 18.8 Å². The molecule has 1 aliphatic rings. The molecule has 0 aliphatic carbocycles. The maximum atomic E-state index is 6.14. The first kappa shape index (κ1) is 17.7. The van der Waals surface area contributed by atoms with E-state index in [1.165, 1.54) is 0 Å². The highest BCUT2D eigenvalue weighted by molar-refractivity contribution is 5.88. The molecule has 0 aromatic carbocycles. The highest BCUT2D eigenvalue weighted by Gasteiger charge is 2.23. The summed E-state index contributed by atoms with van der Waals surface area (Å²) in [6, 6.07) is 3.95. The van der Waals surface area contributed by atoms with Gasteiger partial charge in [0.15, 0.2) is 0 Å². The number of furan rings is 1. The van der Waals surface area contributed by atoms with Gasteiger partial charge in [-0.3, -0.25) is 4.90 Å². The van der Waals surface area contributed by atoms with E-state index in [-0.39, 0.29) is 6.10 Å². The number of nitrogen functional groups attached to an aromatic ring is 1. The Balaban J connectivity index is 1.39. The van der Waals surface area contributed by atoms with Crippen LogP contribution in [0.1, 0.15) is 35.6 Å². The number of likely N-dealkylation sites (tertiary alicyclic amines) is 1. The predicted octanol–water partition coefficient (Wildman–Crippen LogP) is 3.17. The molecule has 1 saturated heterocycles. The zero-order chi connectivity index (χ0) is 19.0. The zero-order valence-corrected chi connectivity index (χ0v) is 16.0. The molecule has 2 N–H and O–H groups in total. The second-order valence-corrected chi connectivity index (χ2v) is 7.21. The fraction of sp³-hybridized carbons (Fsp3) is 0.450. The molecule has 0 saturated carbocycles. The highest BCUT2D eigenvalue weighted by Crippen LogP contribution is 2.27. The molecule has 1 aliphatic heterocycles. The van der Waals surface area contributed by atoms with Gasteiger partial charge >= 0.3 is 0 Å². The van der Waals surface area contributed by atoms with E-state index in [4.69, 9.17) is 14.9 Å². The van der Waals surface area contributed by atoms with Crippen LogP contribution in [-0.4, -0.2) is 39.0 Å². The second-order valence-electron chi connectivity index (χ2n) is 7.21. The van der Waals surface area contributed by atoms with Gasteiger partial charge in [0.05, 0.1) is 11.9 Å². The number of rotatable bonds is 4. The Kier molecular flexibility index (Phi) is 4.70. The summed E-state index contributed by atoms with van der Waals surface area (Å²) >= 11 is 0. The lowest BCUT2D eigenvalue weighted by atomic mass is 10.1. The van der Waals surface area contributed by atoms with Crippen molar-refractivity contribution in [3.63, 3.8) is 0 Å². The minimum Gasteiger partial charge on any atom is -0.474 e. The summed E-state index contributed by atoms with van der Waals surface area (Å²) in [6.07, 6.45) is 3.87. The average Bonchev–Trinajstić information content (AvgIpc) is 2.93. The lowest BCUT2D eigenvalue weighted by Gasteiger charge is -2.31. The standard InChI is InChI=1S/C20H25N5O2/c1-12-5-4-8-22-19(12)27-15-6-9-25(10-7-15)11-16-23-18(21)17-13(2)14(3)26-20(17)24-16/h4-5,8,15H,6-7,9-11H2,1-3H3,(H2,21,23,24). The predicted molar refractivity (Wildman–Crippen MR) is 104 cm³/mol. The van der Waals surface area contributed by atoms with Crippen molar-refractivity contribution < 1.29 is 9.15 Å². The molecule has 27 heavy (non-hydrogen) atoms. The summed E-state index contributed by atoms with van der Waals surface area (Å²) in [5, 5.41) is 0.828. The Morgan fingerprint density at radius 1 is 1.22 bits per heavy atom. The monoisotopic (exact) mass is 367 g/mol. The van der Waals surface area contributed by atoms with Gasteiger partial charge < -0.3 is 14.9 Å². The van der Waals surface area contributed by atoms with Gasteiger partial charge in [0, 0.05) is 30.4 Å². The van der Waals surface area contributed by atoms with Gasteiger partial charge in [-0.25, -0.2) is 9.97 Å². The summed E-state index contributed by atoms with van der Waals surface area (Å²) in [4.78, 5) is 15.7. The van der Waals surface area contributed by atoms with Crippen LogP contribution in [0.2, 0.25) is 0 Å². The van der Waals surface area contributed by atoms with E-state index in [2.05, 4.69) is 19.9 Å². The fourth-order valence-corrected chi connectivity index (χ4v) is 3.53. The van der Waals surface area contributed by atoms with Gasteiger partial charge in [-0.1, -0.05) is 6.07 Å². The molecule has 7 nitrogen and oxygen atoms in total. The third kappa shape index (κ3) is 3.60. The van der Waals surface area contributed by atoms with E-state index in [9.17, 15) is 0 Å². The van der Waals surface area contributed by atoms with Crippen LogP contribution in [0.25, 0.3) is 11.1 Å². The molecule has 142 valence electrons. The van der Waals surface area contributed by atoms with Gasteiger partial charge in [0.25, 0.3) is 0 Å². The molecule has 0 bridgehead atoms. The Morgan fingerprint density at radius 2 is 2.00 bits per heavy atom. The molecule has 0 atom stereocenters. The molecule has 3 aromatic rings. The van der Waals surface area contributed by atoms with Crippen molar-refractivity contribution in [3.8, 4) is 5.88 Å². The van der Waals surface area contributed by atoms with E-state index in [1.54, 1.807) is 6.20 Å². The lowest BCUT2D eigenvalue weighted by Crippen LogP contribution is -2.38. The summed E-state index contributed by atoms with van der Waals surface area (Å²) in [5.41, 5.74) is 8.80. The maximum Gasteiger partial charge on any atom is 0.231 e. The van der Waals surface area contributed by atoms with Crippen LogP contribution in [0.5, 0.6) is 5.88 Å². The van der Waals surface area contributed by atoms with E-state index in [0.717, 1.165) is 54.1 Å². The summed E-state index contributed by atoms with van der Waals surface area (Å²) < 4.78 is 11.8. The zero-order valence-electron chi connectivity index (χ0n) is 16.0. The quantitative estimate of drug-likeness (QED) is 0.757. The first-order chi connectivity index (χ1) is 13.0. The molecule has 0 amide bonds. The third-order valence-corrected chi connectivity index (χ3v) is 5.24. The molecule has 0 spiro atoms. The third-order valence-electron chi connectivity index (χ3n) is 5.24. The number of ether oxygens (including phenoxy) is 1. The topological polar surface area (TPSA) is 90.3 Å². The minimum absolute atomic E-state index is 0.193. The fourth-order valence-electron chi connectivity index (χ4n) is 3.53. The van der Waals surface area contributed by atoms with Crippen molar-refractivity contribution >= 4 is 16.9 Å². The number of aromatic nitrogens is 3. The number of nitrogens with two attached hydrogens (primary N) is 1. The Labute approximate surface area is 158 Å². The molecular weight excluding hydrogens is 342 g/mol. The smallest absolute Gasteiger partial charge is 0.231 e. The van der Waals surface area contributed by atoms with Crippen molar-refractivity contribution in [2.24, 2.45) is 0 Å². The number of anilines is 1. The normalized spacial score (nSPS) is 16.1. The van der Waals surface area contributed by atoms with E-state index < -0.39 is 0 Å². The molecule has 3 aromatic heterocycles. The van der Waals surface area contributed by atoms with E-state index in [1.807, 2.05) is 32.9 Å².